The van der Waals surface area contributed by atoms with Gasteiger partial charge in [-0.2, -0.15) is 0 Å². The van der Waals surface area contributed by atoms with E-state index in [4.69, 9.17) is 6.42 Å². The second-order valence-corrected chi connectivity index (χ2v) is 7.94. The summed E-state index contributed by atoms with van der Waals surface area (Å²) >= 11 is 0. The maximum Gasteiger partial charge on any atom is 0.217 e. The molecule has 1 rings (SSSR count). The molecule has 19 heavy (non-hydrogen) atoms. The van der Waals surface area contributed by atoms with Crippen LogP contribution in [0.15, 0.2) is 30.3 Å². The summed E-state index contributed by atoms with van der Waals surface area (Å²) in [5.41, 5.74) is 1.15. The molecule has 1 aromatic carbocycles. The average molecular weight is 279 g/mol. The molecule has 3 nitrogen and oxygen atoms in total. The Balaban J connectivity index is 2.64. The molecule has 104 valence electrons. The first kappa shape index (κ1) is 15.7. The predicted molar refractivity (Wildman–Crippen MR) is 79.2 cm³/mol. The number of nitrogens with one attached hydrogen (secondary N) is 1. The Labute approximate surface area is 116 Å². The molecule has 0 fully saturated rings. The van der Waals surface area contributed by atoms with Crippen LogP contribution in [0.3, 0.4) is 0 Å². The van der Waals surface area contributed by atoms with Crippen molar-refractivity contribution in [1.29, 1.82) is 0 Å². The van der Waals surface area contributed by atoms with Gasteiger partial charge in [0.25, 0.3) is 0 Å². The van der Waals surface area contributed by atoms with Crippen LogP contribution in [-0.2, 0) is 16.4 Å². The van der Waals surface area contributed by atoms with E-state index < -0.39 is 20.8 Å². The van der Waals surface area contributed by atoms with Crippen molar-refractivity contribution < 1.29 is 8.42 Å². The van der Waals surface area contributed by atoms with Crippen LogP contribution in [0.1, 0.15) is 32.8 Å². The Morgan fingerprint density at radius 2 is 1.84 bits per heavy atom. The lowest BCUT2D eigenvalue weighted by atomic mass is 10.1. The Bertz CT molecular complexity index is 536. The van der Waals surface area contributed by atoms with Crippen LogP contribution < -0.4 is 4.72 Å². The Hall–Kier alpha value is -1.31. The second-order valence-electron chi connectivity index (χ2n) is 5.48. The minimum atomic E-state index is -3.41. The molecule has 0 saturated heterocycles. The molecular weight excluding hydrogens is 258 g/mol. The van der Waals surface area contributed by atoms with E-state index in [1.807, 2.05) is 30.3 Å². The zero-order valence-corrected chi connectivity index (χ0v) is 12.5. The molecule has 0 aliphatic rings. The molecule has 0 aliphatic heterocycles. The first-order valence-corrected chi connectivity index (χ1v) is 7.76. The Morgan fingerprint density at radius 1 is 1.26 bits per heavy atom. The van der Waals surface area contributed by atoms with Gasteiger partial charge >= 0.3 is 0 Å². The van der Waals surface area contributed by atoms with Gasteiger partial charge in [-0.15, -0.1) is 6.42 Å². The van der Waals surface area contributed by atoms with Crippen molar-refractivity contribution in [3.63, 3.8) is 0 Å². The van der Waals surface area contributed by atoms with Crippen LogP contribution in [0.5, 0.6) is 0 Å². The largest absolute Gasteiger partial charge is 0.217 e. The Morgan fingerprint density at radius 3 is 2.32 bits per heavy atom. The minimum Gasteiger partial charge on any atom is -0.212 e. The van der Waals surface area contributed by atoms with Gasteiger partial charge < -0.3 is 0 Å². The maximum absolute atomic E-state index is 12.0. The molecule has 0 aromatic heterocycles. The predicted octanol–water partition coefficient (Wildman–Crippen LogP) is 2.34. The van der Waals surface area contributed by atoms with Gasteiger partial charge in [0, 0.05) is 0 Å². The van der Waals surface area contributed by atoms with E-state index in [0.29, 0.717) is 6.42 Å². The van der Waals surface area contributed by atoms with E-state index in [-0.39, 0.29) is 0 Å². The lowest BCUT2D eigenvalue weighted by Crippen LogP contribution is -2.44. The standard InChI is InChI=1S/C15H21NO2S/c1-5-14(16-19(17,18)15(2,3)4)12-11-13-9-7-6-8-10-13/h1,6-10,14,16H,11-12H2,2-4H3. The third-order valence-electron chi connectivity index (χ3n) is 2.87. The molecule has 0 heterocycles. The highest BCUT2D eigenvalue weighted by molar-refractivity contribution is 7.90. The number of aryl methyl sites for hydroxylation is 1. The van der Waals surface area contributed by atoms with Crippen LogP contribution >= 0.6 is 0 Å². The lowest BCUT2D eigenvalue weighted by Gasteiger charge is -2.22. The van der Waals surface area contributed by atoms with Crippen LogP contribution in [0.25, 0.3) is 0 Å². The fourth-order valence-corrected chi connectivity index (χ4v) is 2.41. The zero-order valence-electron chi connectivity index (χ0n) is 11.7. The number of hydrogen-bond acceptors (Lipinski definition) is 2. The van der Waals surface area contributed by atoms with Crippen LogP contribution in [0.2, 0.25) is 0 Å². The van der Waals surface area contributed by atoms with Crippen molar-refractivity contribution in [3.05, 3.63) is 35.9 Å². The monoisotopic (exact) mass is 279 g/mol. The average Bonchev–Trinajstić information content (AvgIpc) is 2.34. The molecule has 4 heteroatoms. The first-order chi connectivity index (χ1) is 8.76. The molecule has 0 bridgehead atoms. The van der Waals surface area contributed by atoms with E-state index in [0.717, 1.165) is 12.0 Å². The summed E-state index contributed by atoms with van der Waals surface area (Å²) in [4.78, 5) is 0. The summed E-state index contributed by atoms with van der Waals surface area (Å²) in [5, 5.41) is 0. The Kier molecular flexibility index (Phi) is 5.16. The van der Waals surface area contributed by atoms with Crippen LogP contribution in [0.4, 0.5) is 0 Å². The van der Waals surface area contributed by atoms with Gasteiger partial charge in [-0.3, -0.25) is 0 Å². The fourth-order valence-electron chi connectivity index (χ4n) is 1.50. The van der Waals surface area contributed by atoms with Crippen molar-refractivity contribution >= 4 is 10.0 Å². The molecule has 0 aliphatic carbocycles. The van der Waals surface area contributed by atoms with E-state index >= 15 is 0 Å². The highest BCUT2D eigenvalue weighted by Crippen LogP contribution is 2.15. The summed E-state index contributed by atoms with van der Waals surface area (Å²) in [5.74, 6) is 2.51. The number of terminal acetylenes is 1. The van der Waals surface area contributed by atoms with E-state index in [1.165, 1.54) is 0 Å². The fraction of sp³-hybridized carbons (Fsp3) is 0.467. The molecule has 1 unspecified atom stereocenters. The van der Waals surface area contributed by atoms with Gasteiger partial charge in [-0.1, -0.05) is 36.3 Å². The number of benzene rings is 1. The first-order valence-electron chi connectivity index (χ1n) is 6.28. The molecule has 1 aromatic rings. The summed E-state index contributed by atoms with van der Waals surface area (Å²) < 4.78 is 25.8. The summed E-state index contributed by atoms with van der Waals surface area (Å²) in [6, 6.07) is 9.41. The molecule has 1 N–H and O–H groups in total. The SMILES string of the molecule is C#CC(CCc1ccccc1)NS(=O)(=O)C(C)(C)C. The van der Waals surface area contributed by atoms with Crippen molar-refractivity contribution in [1.82, 2.24) is 4.72 Å². The quantitative estimate of drug-likeness (QED) is 0.841. The molecule has 0 amide bonds. The van der Waals surface area contributed by atoms with E-state index in [9.17, 15) is 8.42 Å². The van der Waals surface area contributed by atoms with Crippen molar-refractivity contribution in [2.45, 2.75) is 44.4 Å². The van der Waals surface area contributed by atoms with Gasteiger partial charge in [0.05, 0.1) is 10.8 Å². The number of rotatable bonds is 5. The lowest BCUT2D eigenvalue weighted by molar-refractivity contribution is 0.532. The van der Waals surface area contributed by atoms with E-state index in [1.54, 1.807) is 20.8 Å². The van der Waals surface area contributed by atoms with Gasteiger partial charge in [-0.25, -0.2) is 13.1 Å². The third kappa shape index (κ3) is 4.70. The minimum absolute atomic E-state index is 0.468. The van der Waals surface area contributed by atoms with Crippen molar-refractivity contribution in [3.8, 4) is 12.3 Å². The molecule has 0 saturated carbocycles. The van der Waals surface area contributed by atoms with E-state index in [2.05, 4.69) is 10.6 Å². The van der Waals surface area contributed by atoms with Gasteiger partial charge in [-0.05, 0) is 39.2 Å². The smallest absolute Gasteiger partial charge is 0.212 e. The number of hydrogen-bond donors (Lipinski definition) is 1. The maximum atomic E-state index is 12.0. The highest BCUT2D eigenvalue weighted by Gasteiger charge is 2.30. The normalized spacial score (nSPS) is 13.8. The van der Waals surface area contributed by atoms with Gasteiger partial charge in [0.15, 0.2) is 0 Å². The second kappa shape index (κ2) is 6.23. The molecule has 1 atom stereocenters. The van der Waals surface area contributed by atoms with Crippen molar-refractivity contribution in [2.75, 3.05) is 0 Å². The zero-order chi connectivity index (χ0) is 14.5. The molecular formula is C15H21NO2S. The summed E-state index contributed by atoms with van der Waals surface area (Å²) in [6.45, 7) is 4.96. The summed E-state index contributed by atoms with van der Waals surface area (Å²) in [7, 11) is -3.41. The van der Waals surface area contributed by atoms with Crippen LogP contribution in [0, 0.1) is 12.3 Å². The van der Waals surface area contributed by atoms with Gasteiger partial charge in [0.2, 0.25) is 10.0 Å². The topological polar surface area (TPSA) is 46.2 Å². The van der Waals surface area contributed by atoms with Gasteiger partial charge in [0.1, 0.15) is 0 Å². The third-order valence-corrected chi connectivity index (χ3v) is 5.08. The molecule has 0 radical (unpaired) electrons. The molecule has 0 spiro atoms. The van der Waals surface area contributed by atoms with Crippen molar-refractivity contribution in [2.24, 2.45) is 0 Å². The summed E-state index contributed by atoms with van der Waals surface area (Å²) in [6.07, 6.45) is 6.76. The number of sulfonamides is 1. The van der Waals surface area contributed by atoms with Crippen LogP contribution in [-0.4, -0.2) is 19.2 Å². The highest BCUT2D eigenvalue weighted by atomic mass is 32.2.